The predicted molar refractivity (Wildman–Crippen MR) is 125 cm³/mol. The van der Waals surface area contributed by atoms with Crippen LogP contribution in [0.1, 0.15) is 12.6 Å². The Hall–Kier alpha value is -3.68. The maximum atomic E-state index is 13.4. The molecule has 1 aliphatic rings. The minimum atomic E-state index is -0.372. The zero-order chi connectivity index (χ0) is 23.4. The van der Waals surface area contributed by atoms with Crippen LogP contribution >= 0.6 is 0 Å². The Morgan fingerprint density at radius 1 is 1.06 bits per heavy atom. The van der Waals surface area contributed by atoms with E-state index in [-0.39, 0.29) is 23.8 Å². The lowest BCUT2D eigenvalue weighted by Crippen LogP contribution is -2.50. The van der Waals surface area contributed by atoms with Gasteiger partial charge >= 0.3 is 0 Å². The van der Waals surface area contributed by atoms with Crippen molar-refractivity contribution in [2.45, 2.75) is 19.9 Å². The summed E-state index contributed by atoms with van der Waals surface area (Å²) in [5.41, 5.74) is 1.94. The SMILES string of the molecule is CCc1cc(=O)n(CC(=O)N2CCN(c3ccccc3OC)CC2)c(-c2ccc(F)cc2)n1. The molecule has 3 aromatic rings. The highest BCUT2D eigenvalue weighted by atomic mass is 19.1. The average Bonchev–Trinajstić information content (AvgIpc) is 2.85. The molecular formula is C25H27FN4O3. The van der Waals surface area contributed by atoms with E-state index in [0.717, 1.165) is 11.4 Å². The monoisotopic (exact) mass is 450 g/mol. The molecule has 0 spiro atoms. The van der Waals surface area contributed by atoms with Crippen LogP contribution in [0.2, 0.25) is 0 Å². The third-order valence-corrected chi connectivity index (χ3v) is 5.88. The largest absolute Gasteiger partial charge is 0.495 e. The number of hydrogen-bond acceptors (Lipinski definition) is 5. The molecule has 1 saturated heterocycles. The molecule has 2 aromatic carbocycles. The molecular weight excluding hydrogens is 423 g/mol. The summed E-state index contributed by atoms with van der Waals surface area (Å²) in [6.07, 6.45) is 0.586. The summed E-state index contributed by atoms with van der Waals surface area (Å²) in [6.45, 7) is 4.21. The third kappa shape index (κ3) is 4.89. The number of aryl methyl sites for hydroxylation is 1. The number of hydrogen-bond donors (Lipinski definition) is 0. The van der Waals surface area contributed by atoms with E-state index in [9.17, 15) is 14.0 Å². The van der Waals surface area contributed by atoms with E-state index in [4.69, 9.17) is 4.74 Å². The molecule has 1 amide bonds. The fraction of sp³-hybridized carbons (Fsp3) is 0.320. The topological polar surface area (TPSA) is 67.7 Å². The molecule has 0 N–H and O–H groups in total. The lowest BCUT2D eigenvalue weighted by molar-refractivity contribution is -0.132. The summed E-state index contributed by atoms with van der Waals surface area (Å²) < 4.78 is 20.3. The van der Waals surface area contributed by atoms with Crippen molar-refractivity contribution in [3.05, 3.63) is 76.5 Å². The van der Waals surface area contributed by atoms with Gasteiger partial charge in [0.1, 0.15) is 23.9 Å². The molecule has 2 heterocycles. The maximum absolute atomic E-state index is 13.4. The van der Waals surface area contributed by atoms with Crippen LogP contribution < -0.4 is 15.2 Å². The van der Waals surface area contributed by atoms with Crippen LogP contribution in [-0.4, -0.2) is 53.6 Å². The molecule has 0 atom stereocenters. The first kappa shape index (κ1) is 22.5. The van der Waals surface area contributed by atoms with Crippen molar-refractivity contribution in [3.63, 3.8) is 0 Å². The Bertz CT molecular complexity index is 1190. The predicted octanol–water partition coefficient (Wildman–Crippen LogP) is 2.97. The molecule has 1 aromatic heterocycles. The normalized spacial score (nSPS) is 13.8. The van der Waals surface area contributed by atoms with Crippen LogP contribution in [0.3, 0.4) is 0 Å². The Labute approximate surface area is 192 Å². The van der Waals surface area contributed by atoms with Gasteiger partial charge in [0, 0.05) is 43.5 Å². The maximum Gasteiger partial charge on any atom is 0.254 e. The van der Waals surface area contributed by atoms with Gasteiger partial charge in [-0.3, -0.25) is 14.2 Å². The van der Waals surface area contributed by atoms with Gasteiger partial charge in [-0.15, -0.1) is 0 Å². The van der Waals surface area contributed by atoms with Gasteiger partial charge in [-0.2, -0.15) is 0 Å². The fourth-order valence-corrected chi connectivity index (χ4v) is 4.03. The Balaban J connectivity index is 1.52. The van der Waals surface area contributed by atoms with Gasteiger partial charge in [0.2, 0.25) is 5.91 Å². The van der Waals surface area contributed by atoms with Gasteiger partial charge in [-0.05, 0) is 42.8 Å². The first-order valence-electron chi connectivity index (χ1n) is 11.0. The molecule has 0 radical (unpaired) electrons. The molecule has 172 valence electrons. The summed E-state index contributed by atoms with van der Waals surface area (Å²) >= 11 is 0. The Morgan fingerprint density at radius 2 is 1.76 bits per heavy atom. The highest BCUT2D eigenvalue weighted by Crippen LogP contribution is 2.28. The molecule has 4 rings (SSSR count). The van der Waals surface area contributed by atoms with E-state index >= 15 is 0 Å². The minimum absolute atomic E-state index is 0.114. The quantitative estimate of drug-likeness (QED) is 0.578. The van der Waals surface area contributed by atoms with Crippen molar-refractivity contribution >= 4 is 11.6 Å². The van der Waals surface area contributed by atoms with E-state index in [1.165, 1.54) is 22.8 Å². The molecule has 33 heavy (non-hydrogen) atoms. The highest BCUT2D eigenvalue weighted by Gasteiger charge is 2.24. The second-order valence-electron chi connectivity index (χ2n) is 7.90. The van der Waals surface area contributed by atoms with E-state index in [1.807, 2.05) is 31.2 Å². The number of amides is 1. The number of carbonyl (C=O) groups excluding carboxylic acids is 1. The second kappa shape index (κ2) is 9.85. The summed E-state index contributed by atoms with van der Waals surface area (Å²) in [5.74, 6) is 0.657. The number of nitrogens with zero attached hydrogens (tertiary/aromatic N) is 4. The molecule has 8 heteroatoms. The van der Waals surface area contributed by atoms with Gasteiger partial charge in [-0.25, -0.2) is 9.37 Å². The van der Waals surface area contributed by atoms with Crippen LogP contribution in [0.25, 0.3) is 11.4 Å². The van der Waals surface area contributed by atoms with Crippen molar-refractivity contribution in [1.82, 2.24) is 14.5 Å². The number of anilines is 1. The van der Waals surface area contributed by atoms with Gasteiger partial charge in [0.25, 0.3) is 5.56 Å². The van der Waals surface area contributed by atoms with Gasteiger partial charge in [0.05, 0.1) is 12.8 Å². The van der Waals surface area contributed by atoms with Crippen LogP contribution in [0.5, 0.6) is 5.75 Å². The molecule has 0 aliphatic carbocycles. The number of halogens is 1. The number of methoxy groups -OCH3 is 1. The van der Waals surface area contributed by atoms with Crippen LogP contribution in [0.4, 0.5) is 10.1 Å². The number of para-hydroxylation sites is 2. The molecule has 7 nitrogen and oxygen atoms in total. The van der Waals surface area contributed by atoms with Crippen molar-refractivity contribution in [2.24, 2.45) is 0 Å². The molecule has 0 bridgehead atoms. The lowest BCUT2D eigenvalue weighted by atomic mass is 10.2. The summed E-state index contributed by atoms with van der Waals surface area (Å²) in [4.78, 5) is 34.5. The number of benzene rings is 2. The Kier molecular flexibility index (Phi) is 6.72. The van der Waals surface area contributed by atoms with Crippen molar-refractivity contribution in [3.8, 4) is 17.1 Å². The zero-order valence-corrected chi connectivity index (χ0v) is 18.8. The number of aromatic nitrogens is 2. The zero-order valence-electron chi connectivity index (χ0n) is 18.8. The summed E-state index contributed by atoms with van der Waals surface area (Å²) in [5, 5.41) is 0. The van der Waals surface area contributed by atoms with Gasteiger partial charge in [-0.1, -0.05) is 19.1 Å². The van der Waals surface area contributed by atoms with E-state index < -0.39 is 0 Å². The second-order valence-corrected chi connectivity index (χ2v) is 7.90. The third-order valence-electron chi connectivity index (χ3n) is 5.88. The summed E-state index contributed by atoms with van der Waals surface area (Å²) in [6, 6.07) is 15.1. The number of ether oxygens (including phenoxy) is 1. The number of rotatable bonds is 6. The molecule has 1 fully saturated rings. The van der Waals surface area contributed by atoms with E-state index in [1.54, 1.807) is 24.1 Å². The van der Waals surface area contributed by atoms with Crippen molar-refractivity contribution in [1.29, 1.82) is 0 Å². The fourth-order valence-electron chi connectivity index (χ4n) is 4.03. The average molecular weight is 451 g/mol. The summed E-state index contributed by atoms with van der Waals surface area (Å²) in [7, 11) is 1.65. The standard InChI is InChI=1S/C25H27FN4O3/c1-3-20-16-23(31)30(25(27-20)18-8-10-19(26)11-9-18)17-24(32)29-14-12-28(13-15-29)21-6-4-5-7-22(21)33-2/h4-11,16H,3,12-15,17H2,1-2H3. The van der Waals surface area contributed by atoms with E-state index in [2.05, 4.69) is 9.88 Å². The van der Waals surface area contributed by atoms with Crippen molar-refractivity contribution in [2.75, 3.05) is 38.2 Å². The van der Waals surface area contributed by atoms with Crippen molar-refractivity contribution < 1.29 is 13.9 Å². The van der Waals surface area contributed by atoms with Crippen LogP contribution in [0, 0.1) is 5.82 Å². The van der Waals surface area contributed by atoms with Crippen LogP contribution in [0.15, 0.2) is 59.4 Å². The Morgan fingerprint density at radius 3 is 2.42 bits per heavy atom. The number of piperazine rings is 1. The number of carbonyl (C=O) groups is 1. The molecule has 0 saturated carbocycles. The smallest absolute Gasteiger partial charge is 0.254 e. The van der Waals surface area contributed by atoms with Crippen LogP contribution in [-0.2, 0) is 17.8 Å². The molecule has 0 unspecified atom stereocenters. The molecule has 1 aliphatic heterocycles. The highest BCUT2D eigenvalue weighted by molar-refractivity contribution is 5.77. The van der Waals surface area contributed by atoms with E-state index in [0.29, 0.717) is 49.7 Å². The first-order valence-corrected chi connectivity index (χ1v) is 11.0. The first-order chi connectivity index (χ1) is 16.0. The van der Waals surface area contributed by atoms with Gasteiger partial charge in [0.15, 0.2) is 0 Å². The van der Waals surface area contributed by atoms with Gasteiger partial charge < -0.3 is 14.5 Å². The minimum Gasteiger partial charge on any atom is -0.495 e. The lowest BCUT2D eigenvalue weighted by Gasteiger charge is -2.36.